The molecule has 5 nitrogen and oxygen atoms in total. The second-order valence-corrected chi connectivity index (χ2v) is 6.24. The van der Waals surface area contributed by atoms with E-state index in [1.54, 1.807) is 48.3 Å². The first-order valence-electron chi connectivity index (χ1n) is 7.96. The molecule has 0 unspecified atom stereocenters. The molecule has 0 aliphatic heterocycles. The van der Waals surface area contributed by atoms with Crippen LogP contribution in [0.3, 0.4) is 0 Å². The van der Waals surface area contributed by atoms with Gasteiger partial charge in [-0.2, -0.15) is 0 Å². The van der Waals surface area contributed by atoms with Gasteiger partial charge in [-0.25, -0.2) is 9.18 Å². The second-order valence-electron chi connectivity index (χ2n) is 5.84. The third kappa shape index (κ3) is 5.54. The van der Waals surface area contributed by atoms with Gasteiger partial charge in [0.2, 0.25) is 5.91 Å². The lowest BCUT2D eigenvalue weighted by Gasteiger charge is -2.17. The standard InChI is InChI=1S/C19H20ClFN2O3/c1-23(11-15-16(20)4-3-5-17(15)21)12-18(24)22-10-13-6-8-14(9-7-13)19(25)26-2/h3-9H,10-12H2,1-2H3,(H,22,24). The Morgan fingerprint density at radius 3 is 2.50 bits per heavy atom. The fourth-order valence-corrected chi connectivity index (χ4v) is 2.61. The van der Waals surface area contributed by atoms with Gasteiger partial charge in [0.25, 0.3) is 0 Å². The highest BCUT2D eigenvalue weighted by atomic mass is 35.5. The number of nitrogens with one attached hydrogen (secondary N) is 1. The van der Waals surface area contributed by atoms with Crippen LogP contribution >= 0.6 is 11.6 Å². The number of ether oxygens (including phenoxy) is 1. The number of likely N-dealkylation sites (N-methyl/N-ethyl adjacent to an activating group) is 1. The summed E-state index contributed by atoms with van der Waals surface area (Å²) in [6.45, 7) is 0.659. The third-order valence-corrected chi connectivity index (χ3v) is 4.12. The minimum Gasteiger partial charge on any atom is -0.465 e. The average Bonchev–Trinajstić information content (AvgIpc) is 2.63. The lowest BCUT2D eigenvalue weighted by atomic mass is 10.1. The molecule has 1 N–H and O–H groups in total. The number of amides is 1. The molecule has 2 aromatic carbocycles. The maximum atomic E-state index is 13.8. The summed E-state index contributed by atoms with van der Waals surface area (Å²) in [6.07, 6.45) is 0. The van der Waals surface area contributed by atoms with E-state index < -0.39 is 11.8 Å². The molecule has 0 saturated heterocycles. The molecule has 0 heterocycles. The fraction of sp³-hybridized carbons (Fsp3) is 0.263. The maximum Gasteiger partial charge on any atom is 0.337 e. The fourth-order valence-electron chi connectivity index (χ4n) is 2.39. The number of esters is 1. The molecule has 0 saturated carbocycles. The highest BCUT2D eigenvalue weighted by Crippen LogP contribution is 2.20. The summed E-state index contributed by atoms with van der Waals surface area (Å²) in [5.41, 5.74) is 1.66. The average molecular weight is 379 g/mol. The number of carbonyl (C=O) groups is 2. The number of benzene rings is 2. The molecule has 0 atom stereocenters. The number of hydrogen-bond donors (Lipinski definition) is 1. The van der Waals surface area contributed by atoms with E-state index in [0.717, 1.165) is 5.56 Å². The van der Waals surface area contributed by atoms with Crippen LogP contribution in [0.25, 0.3) is 0 Å². The van der Waals surface area contributed by atoms with Gasteiger partial charge in [-0.15, -0.1) is 0 Å². The van der Waals surface area contributed by atoms with Crippen LogP contribution < -0.4 is 5.32 Å². The second kappa shape index (κ2) is 9.31. The van der Waals surface area contributed by atoms with Crippen molar-refractivity contribution in [1.29, 1.82) is 0 Å². The minimum atomic E-state index is -0.408. The SMILES string of the molecule is COC(=O)c1ccc(CNC(=O)CN(C)Cc2c(F)cccc2Cl)cc1. The molecular weight excluding hydrogens is 359 g/mol. The van der Waals surface area contributed by atoms with Crippen LogP contribution in [0, 0.1) is 5.82 Å². The number of methoxy groups -OCH3 is 1. The van der Waals surface area contributed by atoms with Crippen molar-refractivity contribution in [1.82, 2.24) is 10.2 Å². The Morgan fingerprint density at radius 2 is 1.88 bits per heavy atom. The highest BCUT2D eigenvalue weighted by molar-refractivity contribution is 6.31. The zero-order chi connectivity index (χ0) is 19.1. The summed E-state index contributed by atoms with van der Waals surface area (Å²) in [4.78, 5) is 25.1. The first-order valence-corrected chi connectivity index (χ1v) is 8.34. The number of carbonyl (C=O) groups excluding carboxylic acids is 2. The predicted octanol–water partition coefficient (Wildman–Crippen LogP) is 3.01. The van der Waals surface area contributed by atoms with E-state index >= 15 is 0 Å². The summed E-state index contributed by atoms with van der Waals surface area (Å²) in [6, 6.07) is 11.3. The largest absolute Gasteiger partial charge is 0.465 e. The molecule has 0 aromatic heterocycles. The van der Waals surface area contributed by atoms with Crippen LogP contribution in [-0.2, 0) is 22.6 Å². The Labute approximate surface area is 156 Å². The molecule has 138 valence electrons. The van der Waals surface area contributed by atoms with E-state index in [1.807, 2.05) is 0 Å². The zero-order valence-electron chi connectivity index (χ0n) is 14.6. The normalized spacial score (nSPS) is 10.7. The van der Waals surface area contributed by atoms with Crippen LogP contribution in [0.5, 0.6) is 0 Å². The van der Waals surface area contributed by atoms with Crippen LogP contribution in [0.15, 0.2) is 42.5 Å². The van der Waals surface area contributed by atoms with Gasteiger partial charge in [0.05, 0.1) is 19.2 Å². The predicted molar refractivity (Wildman–Crippen MR) is 97.4 cm³/mol. The molecule has 0 spiro atoms. The number of halogens is 2. The van der Waals surface area contributed by atoms with Crippen molar-refractivity contribution in [3.63, 3.8) is 0 Å². The molecule has 0 aliphatic rings. The zero-order valence-corrected chi connectivity index (χ0v) is 15.3. The van der Waals surface area contributed by atoms with E-state index in [-0.39, 0.29) is 19.0 Å². The van der Waals surface area contributed by atoms with Gasteiger partial charge >= 0.3 is 5.97 Å². The van der Waals surface area contributed by atoms with Gasteiger partial charge in [0.15, 0.2) is 0 Å². The van der Waals surface area contributed by atoms with Crippen LogP contribution in [-0.4, -0.2) is 37.5 Å². The minimum absolute atomic E-state index is 0.102. The molecule has 2 aromatic rings. The van der Waals surface area contributed by atoms with Gasteiger partial charge in [-0.3, -0.25) is 9.69 Å². The van der Waals surface area contributed by atoms with Crippen LogP contribution in [0.4, 0.5) is 4.39 Å². The summed E-state index contributed by atoms with van der Waals surface area (Å²) >= 11 is 6.00. The first kappa shape index (κ1) is 19.9. The molecule has 7 heteroatoms. The molecule has 2 rings (SSSR count). The van der Waals surface area contributed by atoms with E-state index in [1.165, 1.54) is 13.2 Å². The molecule has 0 radical (unpaired) electrons. The van der Waals surface area contributed by atoms with Gasteiger partial charge in [-0.05, 0) is 36.9 Å². The number of hydrogen-bond acceptors (Lipinski definition) is 4. The summed E-state index contributed by atoms with van der Waals surface area (Å²) in [5.74, 6) is -0.999. The van der Waals surface area contributed by atoms with Gasteiger partial charge < -0.3 is 10.1 Å². The Kier molecular flexibility index (Phi) is 7.12. The first-order chi connectivity index (χ1) is 12.4. The third-order valence-electron chi connectivity index (χ3n) is 3.77. The van der Waals surface area contributed by atoms with Crippen molar-refractivity contribution >= 4 is 23.5 Å². The van der Waals surface area contributed by atoms with Crippen LogP contribution in [0.1, 0.15) is 21.5 Å². The monoisotopic (exact) mass is 378 g/mol. The molecule has 0 aliphatic carbocycles. The maximum absolute atomic E-state index is 13.8. The topological polar surface area (TPSA) is 58.6 Å². The Morgan fingerprint density at radius 1 is 1.19 bits per heavy atom. The lowest BCUT2D eigenvalue weighted by Crippen LogP contribution is -2.34. The van der Waals surface area contributed by atoms with Crippen molar-refractivity contribution in [2.45, 2.75) is 13.1 Å². The van der Waals surface area contributed by atoms with Gasteiger partial charge in [-0.1, -0.05) is 29.8 Å². The smallest absolute Gasteiger partial charge is 0.337 e. The van der Waals surface area contributed by atoms with E-state index in [4.69, 9.17) is 11.6 Å². The van der Waals surface area contributed by atoms with Gasteiger partial charge in [0, 0.05) is 23.7 Å². The Balaban J connectivity index is 1.84. The van der Waals surface area contributed by atoms with Crippen molar-refractivity contribution in [3.05, 3.63) is 70.0 Å². The summed E-state index contributed by atoms with van der Waals surface area (Å²) < 4.78 is 18.4. The van der Waals surface area contributed by atoms with Crippen molar-refractivity contribution in [2.24, 2.45) is 0 Å². The van der Waals surface area contributed by atoms with Crippen molar-refractivity contribution < 1.29 is 18.7 Å². The Hall–Kier alpha value is -2.44. The number of nitrogens with zero attached hydrogens (tertiary/aromatic N) is 1. The molecule has 1 amide bonds. The lowest BCUT2D eigenvalue weighted by molar-refractivity contribution is -0.122. The van der Waals surface area contributed by atoms with Gasteiger partial charge in [0.1, 0.15) is 5.82 Å². The van der Waals surface area contributed by atoms with Crippen molar-refractivity contribution in [3.8, 4) is 0 Å². The Bertz CT molecular complexity index is 761. The van der Waals surface area contributed by atoms with E-state index in [2.05, 4.69) is 10.1 Å². The molecule has 0 bridgehead atoms. The highest BCUT2D eigenvalue weighted by Gasteiger charge is 2.12. The quantitative estimate of drug-likeness (QED) is 0.752. The van der Waals surface area contributed by atoms with Crippen molar-refractivity contribution in [2.75, 3.05) is 20.7 Å². The summed E-state index contributed by atoms with van der Waals surface area (Å²) in [5, 5.41) is 3.12. The molecule has 26 heavy (non-hydrogen) atoms. The number of rotatable bonds is 7. The van der Waals surface area contributed by atoms with Crippen LogP contribution in [0.2, 0.25) is 5.02 Å². The summed E-state index contributed by atoms with van der Waals surface area (Å²) in [7, 11) is 3.04. The molecule has 0 fully saturated rings. The molecular formula is C19H20ClFN2O3. The van der Waals surface area contributed by atoms with E-state index in [0.29, 0.717) is 22.7 Å². The van der Waals surface area contributed by atoms with E-state index in [9.17, 15) is 14.0 Å².